The molecule has 1 unspecified atom stereocenters. The number of hydrogen-bond donors (Lipinski definition) is 2. The van der Waals surface area contributed by atoms with Crippen molar-refractivity contribution in [2.75, 3.05) is 0 Å². The van der Waals surface area contributed by atoms with Crippen LogP contribution >= 0.6 is 11.6 Å². The van der Waals surface area contributed by atoms with E-state index in [0.717, 1.165) is 6.92 Å². The molecule has 1 aromatic carbocycles. The van der Waals surface area contributed by atoms with E-state index >= 15 is 0 Å². The van der Waals surface area contributed by atoms with Crippen molar-refractivity contribution in [3.63, 3.8) is 0 Å². The van der Waals surface area contributed by atoms with Gasteiger partial charge in [0.25, 0.3) is 0 Å². The highest BCUT2D eigenvalue weighted by molar-refractivity contribution is 6.31. The van der Waals surface area contributed by atoms with E-state index in [9.17, 15) is 13.2 Å². The highest BCUT2D eigenvalue weighted by Gasteiger charge is 2.36. The molecule has 0 aromatic heterocycles. The fourth-order valence-corrected chi connectivity index (χ4v) is 1.43. The Bertz CT molecular complexity index is 477. The summed E-state index contributed by atoms with van der Waals surface area (Å²) in [5.41, 5.74) is 6.10. The zero-order chi connectivity index (χ0) is 14.6. The van der Waals surface area contributed by atoms with Gasteiger partial charge in [-0.1, -0.05) is 28.9 Å². The van der Waals surface area contributed by atoms with Gasteiger partial charge in [-0.15, -0.1) is 0 Å². The molecular formula is C11H12ClF3N2O2. The van der Waals surface area contributed by atoms with Crippen molar-refractivity contribution >= 4 is 17.4 Å². The minimum atomic E-state index is -4.42. The molecule has 1 aromatic rings. The summed E-state index contributed by atoms with van der Waals surface area (Å²) < 4.78 is 41.4. The molecule has 0 saturated heterocycles. The molecule has 0 aliphatic carbocycles. The minimum absolute atomic E-state index is 0.141. The molecule has 0 spiro atoms. The Morgan fingerprint density at radius 1 is 1.53 bits per heavy atom. The standard InChI is InChI=1S/C11H12ClF3N2O2/c1-6(11(13,14)15)19-5-8-3-2-7(4-9(8)12)10(16)17-18/h2-4,6,18H,5H2,1H3,(H2,16,17). The molecule has 0 saturated carbocycles. The van der Waals surface area contributed by atoms with Crippen LogP contribution in [0.25, 0.3) is 0 Å². The number of nitrogens with zero attached hydrogens (tertiary/aromatic N) is 1. The first-order valence-electron chi connectivity index (χ1n) is 5.20. The van der Waals surface area contributed by atoms with Crippen LogP contribution in [-0.4, -0.2) is 23.3 Å². The molecule has 0 aliphatic heterocycles. The summed E-state index contributed by atoms with van der Waals surface area (Å²) in [6, 6.07) is 4.31. The molecule has 8 heteroatoms. The van der Waals surface area contributed by atoms with E-state index in [4.69, 9.17) is 22.5 Å². The molecule has 4 nitrogen and oxygen atoms in total. The molecule has 0 fully saturated rings. The average molecular weight is 297 g/mol. The molecular weight excluding hydrogens is 285 g/mol. The van der Waals surface area contributed by atoms with Gasteiger partial charge in [0, 0.05) is 10.6 Å². The van der Waals surface area contributed by atoms with E-state index in [0.29, 0.717) is 11.1 Å². The molecule has 0 bridgehead atoms. The van der Waals surface area contributed by atoms with E-state index < -0.39 is 12.3 Å². The lowest BCUT2D eigenvalue weighted by molar-refractivity contribution is -0.217. The van der Waals surface area contributed by atoms with Gasteiger partial charge in [0.05, 0.1) is 6.61 Å². The van der Waals surface area contributed by atoms with Crippen LogP contribution in [0, 0.1) is 0 Å². The van der Waals surface area contributed by atoms with Gasteiger partial charge in [-0.25, -0.2) is 0 Å². The fourth-order valence-electron chi connectivity index (χ4n) is 1.19. The zero-order valence-corrected chi connectivity index (χ0v) is 10.7. The number of alkyl halides is 3. The fraction of sp³-hybridized carbons (Fsp3) is 0.364. The van der Waals surface area contributed by atoms with E-state index in [2.05, 4.69) is 9.89 Å². The number of oxime groups is 1. The Morgan fingerprint density at radius 2 is 2.16 bits per heavy atom. The second-order valence-electron chi connectivity index (χ2n) is 3.79. The summed E-state index contributed by atoms with van der Waals surface area (Å²) >= 11 is 5.87. The predicted octanol–water partition coefficient (Wildman–Crippen LogP) is 2.90. The summed E-state index contributed by atoms with van der Waals surface area (Å²) in [7, 11) is 0. The first kappa shape index (κ1) is 15.6. The molecule has 0 heterocycles. The normalized spacial score (nSPS) is 14.5. The van der Waals surface area contributed by atoms with E-state index in [-0.39, 0.29) is 17.5 Å². The summed E-state index contributed by atoms with van der Waals surface area (Å²) in [4.78, 5) is 0. The molecule has 1 atom stereocenters. The number of hydrogen-bond acceptors (Lipinski definition) is 3. The van der Waals surface area contributed by atoms with Crippen LogP contribution in [-0.2, 0) is 11.3 Å². The first-order valence-corrected chi connectivity index (χ1v) is 5.58. The van der Waals surface area contributed by atoms with Gasteiger partial charge in [-0.3, -0.25) is 0 Å². The third kappa shape index (κ3) is 4.29. The minimum Gasteiger partial charge on any atom is -0.409 e. The number of nitrogens with two attached hydrogens (primary N) is 1. The maximum atomic E-state index is 12.3. The second-order valence-corrected chi connectivity index (χ2v) is 4.19. The largest absolute Gasteiger partial charge is 0.414 e. The van der Waals surface area contributed by atoms with Crippen molar-refractivity contribution in [3.05, 3.63) is 34.3 Å². The Hall–Kier alpha value is -1.47. The molecule has 0 amide bonds. The van der Waals surface area contributed by atoms with Crippen LogP contribution < -0.4 is 5.73 Å². The van der Waals surface area contributed by atoms with Crippen molar-refractivity contribution in [1.82, 2.24) is 0 Å². The topological polar surface area (TPSA) is 67.8 Å². The van der Waals surface area contributed by atoms with Gasteiger partial charge in [-0.05, 0) is 18.6 Å². The Labute approximate surface area is 112 Å². The number of amidine groups is 1. The van der Waals surface area contributed by atoms with Gasteiger partial charge in [0.2, 0.25) is 0 Å². The maximum absolute atomic E-state index is 12.3. The molecule has 3 N–H and O–H groups in total. The van der Waals surface area contributed by atoms with Crippen LogP contribution in [0.2, 0.25) is 5.02 Å². The molecule has 106 valence electrons. The van der Waals surface area contributed by atoms with Gasteiger partial charge >= 0.3 is 6.18 Å². The second kappa shape index (κ2) is 6.12. The van der Waals surface area contributed by atoms with Crippen molar-refractivity contribution in [2.24, 2.45) is 10.9 Å². The lowest BCUT2D eigenvalue weighted by atomic mass is 10.1. The quantitative estimate of drug-likeness (QED) is 0.388. The lowest BCUT2D eigenvalue weighted by Crippen LogP contribution is -2.28. The predicted molar refractivity (Wildman–Crippen MR) is 64.3 cm³/mol. The van der Waals surface area contributed by atoms with Crippen molar-refractivity contribution in [1.29, 1.82) is 0 Å². The van der Waals surface area contributed by atoms with Crippen LogP contribution in [0.5, 0.6) is 0 Å². The van der Waals surface area contributed by atoms with Crippen LogP contribution in [0.3, 0.4) is 0 Å². The summed E-state index contributed by atoms with van der Waals surface area (Å²) in [5, 5.41) is 11.5. The number of halogens is 4. The van der Waals surface area contributed by atoms with Crippen LogP contribution in [0.4, 0.5) is 13.2 Å². The van der Waals surface area contributed by atoms with Gasteiger partial charge in [-0.2, -0.15) is 13.2 Å². The monoisotopic (exact) mass is 296 g/mol. The van der Waals surface area contributed by atoms with E-state index in [1.165, 1.54) is 18.2 Å². The smallest absolute Gasteiger partial charge is 0.409 e. The van der Waals surface area contributed by atoms with Crippen molar-refractivity contribution in [2.45, 2.75) is 25.8 Å². The van der Waals surface area contributed by atoms with Crippen LogP contribution in [0.15, 0.2) is 23.4 Å². The van der Waals surface area contributed by atoms with E-state index in [1.807, 2.05) is 0 Å². The average Bonchev–Trinajstić information content (AvgIpc) is 2.34. The highest BCUT2D eigenvalue weighted by atomic mass is 35.5. The van der Waals surface area contributed by atoms with Gasteiger partial charge < -0.3 is 15.7 Å². The Morgan fingerprint density at radius 3 is 2.63 bits per heavy atom. The Kier molecular flexibility index (Phi) is 5.02. The van der Waals surface area contributed by atoms with Crippen molar-refractivity contribution in [3.8, 4) is 0 Å². The summed E-state index contributed by atoms with van der Waals surface area (Å²) in [6.07, 6.45) is -6.30. The van der Waals surface area contributed by atoms with E-state index in [1.54, 1.807) is 0 Å². The SMILES string of the molecule is CC(OCc1ccc(/C(N)=N/O)cc1Cl)C(F)(F)F. The molecule has 1 rings (SSSR count). The third-order valence-corrected chi connectivity index (χ3v) is 2.76. The maximum Gasteiger partial charge on any atom is 0.414 e. The molecule has 19 heavy (non-hydrogen) atoms. The number of benzene rings is 1. The highest BCUT2D eigenvalue weighted by Crippen LogP contribution is 2.25. The van der Waals surface area contributed by atoms with Gasteiger partial charge in [0.1, 0.15) is 0 Å². The third-order valence-electron chi connectivity index (χ3n) is 2.41. The van der Waals surface area contributed by atoms with Crippen molar-refractivity contribution < 1.29 is 23.1 Å². The summed E-state index contributed by atoms with van der Waals surface area (Å²) in [6.45, 7) is 0.634. The molecule has 0 radical (unpaired) electrons. The van der Waals surface area contributed by atoms with Gasteiger partial charge in [0.15, 0.2) is 11.9 Å². The lowest BCUT2D eigenvalue weighted by Gasteiger charge is -2.17. The molecule has 0 aliphatic rings. The summed E-state index contributed by atoms with van der Waals surface area (Å²) in [5.74, 6) is -0.141. The Balaban J connectivity index is 2.76. The first-order chi connectivity index (χ1) is 8.75. The number of rotatable bonds is 4. The van der Waals surface area contributed by atoms with Crippen LogP contribution in [0.1, 0.15) is 18.1 Å². The zero-order valence-electron chi connectivity index (χ0n) is 9.91. The number of ether oxygens (including phenoxy) is 1.